The van der Waals surface area contributed by atoms with Gasteiger partial charge in [0.25, 0.3) is 0 Å². The number of hydrogen-bond donors (Lipinski definition) is 2. The Morgan fingerprint density at radius 1 is 1.35 bits per heavy atom. The number of anilines is 1. The van der Waals surface area contributed by atoms with Gasteiger partial charge in [-0.2, -0.15) is 5.10 Å². The Kier molecular flexibility index (Phi) is 2.78. The maximum absolute atomic E-state index is 14.0. The molecule has 0 amide bonds. The molecule has 5 nitrogen and oxygen atoms in total. The average Bonchev–Trinajstić information content (AvgIpc) is 2.88. The van der Waals surface area contributed by atoms with Crippen LogP contribution in [-0.4, -0.2) is 19.7 Å². The van der Waals surface area contributed by atoms with Crippen LogP contribution in [0.5, 0.6) is 5.75 Å². The summed E-state index contributed by atoms with van der Waals surface area (Å²) in [6.45, 7) is 1.83. The Bertz CT molecular complexity index is 797. The van der Waals surface area contributed by atoms with Crippen molar-refractivity contribution in [3.63, 3.8) is 0 Å². The number of nitrogen functional groups attached to an aromatic ring is 1. The van der Waals surface area contributed by atoms with Crippen LogP contribution in [0, 0.1) is 5.82 Å². The van der Waals surface area contributed by atoms with Gasteiger partial charge in [-0.3, -0.25) is 0 Å². The van der Waals surface area contributed by atoms with E-state index in [-0.39, 0.29) is 5.75 Å². The maximum atomic E-state index is 14.0. The van der Waals surface area contributed by atoms with E-state index in [0.717, 1.165) is 0 Å². The van der Waals surface area contributed by atoms with Crippen molar-refractivity contribution in [2.75, 3.05) is 5.73 Å². The van der Waals surface area contributed by atoms with Crippen LogP contribution >= 0.6 is 0 Å². The lowest BCUT2D eigenvalue weighted by atomic mass is 10.0. The summed E-state index contributed by atoms with van der Waals surface area (Å²) in [4.78, 5) is 4.15. The van der Waals surface area contributed by atoms with Gasteiger partial charge in [0.15, 0.2) is 17.2 Å². The predicted molar refractivity (Wildman–Crippen MR) is 73.8 cm³/mol. The minimum Gasteiger partial charge on any atom is -0.505 e. The zero-order valence-corrected chi connectivity index (χ0v) is 10.8. The molecule has 0 bridgehead atoms. The summed E-state index contributed by atoms with van der Waals surface area (Å²) < 4.78 is 15.6. The second-order valence-electron chi connectivity index (χ2n) is 4.45. The van der Waals surface area contributed by atoms with E-state index in [1.54, 1.807) is 28.9 Å². The topological polar surface area (TPSA) is 76.4 Å². The van der Waals surface area contributed by atoms with Gasteiger partial charge in [-0.15, -0.1) is 0 Å². The van der Waals surface area contributed by atoms with Gasteiger partial charge in [-0.05, 0) is 18.6 Å². The Morgan fingerprint density at radius 2 is 2.15 bits per heavy atom. The van der Waals surface area contributed by atoms with E-state index in [4.69, 9.17) is 5.73 Å². The molecule has 102 valence electrons. The highest BCUT2D eigenvalue weighted by atomic mass is 19.1. The van der Waals surface area contributed by atoms with Crippen LogP contribution in [0.25, 0.3) is 16.9 Å². The molecule has 2 aromatic heterocycles. The van der Waals surface area contributed by atoms with Crippen molar-refractivity contribution in [2.45, 2.75) is 13.3 Å². The molecule has 6 heteroatoms. The fourth-order valence-electron chi connectivity index (χ4n) is 2.32. The first-order valence-electron chi connectivity index (χ1n) is 6.22. The highest BCUT2D eigenvalue weighted by Gasteiger charge is 2.16. The molecular formula is C14H13FN4O. The molecule has 0 atom stereocenters. The van der Waals surface area contributed by atoms with Gasteiger partial charge >= 0.3 is 0 Å². The van der Waals surface area contributed by atoms with Crippen molar-refractivity contribution < 1.29 is 9.50 Å². The van der Waals surface area contributed by atoms with E-state index in [2.05, 4.69) is 10.1 Å². The predicted octanol–water partition coefficient (Wildman–Crippen LogP) is 2.39. The first-order chi connectivity index (χ1) is 9.61. The minimum absolute atomic E-state index is 0.337. The van der Waals surface area contributed by atoms with Gasteiger partial charge in [0.1, 0.15) is 5.82 Å². The Morgan fingerprint density at radius 3 is 2.90 bits per heavy atom. The summed E-state index contributed by atoms with van der Waals surface area (Å²) in [5.74, 6) is -0.631. The van der Waals surface area contributed by atoms with Crippen molar-refractivity contribution >= 4 is 11.5 Å². The molecule has 0 saturated heterocycles. The van der Waals surface area contributed by atoms with Crippen LogP contribution in [-0.2, 0) is 6.42 Å². The lowest BCUT2D eigenvalue weighted by molar-refractivity contribution is 0.429. The van der Waals surface area contributed by atoms with Crippen LogP contribution in [0.3, 0.4) is 0 Å². The maximum Gasteiger partial charge on any atom is 0.168 e. The van der Waals surface area contributed by atoms with Gasteiger partial charge in [0, 0.05) is 23.3 Å². The van der Waals surface area contributed by atoms with Crippen molar-refractivity contribution in [2.24, 2.45) is 0 Å². The van der Waals surface area contributed by atoms with Gasteiger partial charge in [-0.1, -0.05) is 6.92 Å². The number of halogens is 1. The SMILES string of the molecule is CCc1c(-c2cc(N)nc3ccnn23)ccc(O)c1F. The Hall–Kier alpha value is -2.63. The first kappa shape index (κ1) is 12.4. The molecular weight excluding hydrogens is 259 g/mol. The van der Waals surface area contributed by atoms with Gasteiger partial charge in [-0.25, -0.2) is 13.9 Å². The minimum atomic E-state index is -0.610. The summed E-state index contributed by atoms with van der Waals surface area (Å²) in [7, 11) is 0. The van der Waals surface area contributed by atoms with E-state index in [1.807, 2.05) is 6.92 Å². The second kappa shape index (κ2) is 4.48. The quantitative estimate of drug-likeness (QED) is 0.751. The van der Waals surface area contributed by atoms with Crippen LogP contribution in [0.2, 0.25) is 0 Å². The van der Waals surface area contributed by atoms with Crippen molar-refractivity contribution in [1.82, 2.24) is 14.6 Å². The molecule has 0 fully saturated rings. The smallest absolute Gasteiger partial charge is 0.168 e. The van der Waals surface area contributed by atoms with Gasteiger partial charge in [0.2, 0.25) is 0 Å². The van der Waals surface area contributed by atoms with Crippen LogP contribution < -0.4 is 5.73 Å². The fourth-order valence-corrected chi connectivity index (χ4v) is 2.32. The normalized spacial score (nSPS) is 11.1. The number of rotatable bonds is 2. The molecule has 3 N–H and O–H groups in total. The van der Waals surface area contributed by atoms with Crippen molar-refractivity contribution in [1.29, 1.82) is 0 Å². The van der Waals surface area contributed by atoms with Crippen LogP contribution in [0.1, 0.15) is 12.5 Å². The summed E-state index contributed by atoms with van der Waals surface area (Å²) >= 11 is 0. The van der Waals surface area contributed by atoms with E-state index >= 15 is 0 Å². The number of aromatic nitrogens is 3. The number of phenols is 1. The molecule has 3 aromatic rings. The Labute approximate surface area is 114 Å². The standard InChI is InChI=1S/C14H13FN4O/c1-2-8-9(3-4-11(20)14(8)15)10-7-12(16)18-13-5-6-17-19(10)13/h3-7,20H,2H2,1H3,(H2,16,18). The third kappa shape index (κ3) is 1.77. The Balaban J connectivity index is 2.36. The summed E-state index contributed by atoms with van der Waals surface area (Å²) in [6.07, 6.45) is 2.05. The highest BCUT2D eigenvalue weighted by Crippen LogP contribution is 2.31. The third-order valence-corrected chi connectivity index (χ3v) is 3.23. The number of aromatic hydroxyl groups is 1. The lowest BCUT2D eigenvalue weighted by Gasteiger charge is -2.12. The number of benzene rings is 1. The first-order valence-corrected chi connectivity index (χ1v) is 6.22. The molecule has 0 aliphatic carbocycles. The molecule has 2 heterocycles. The second-order valence-corrected chi connectivity index (χ2v) is 4.45. The van der Waals surface area contributed by atoms with E-state index in [9.17, 15) is 9.50 Å². The number of nitrogens with two attached hydrogens (primary N) is 1. The van der Waals surface area contributed by atoms with Gasteiger partial charge in [0.05, 0.1) is 11.9 Å². The lowest BCUT2D eigenvalue weighted by Crippen LogP contribution is -2.03. The zero-order valence-electron chi connectivity index (χ0n) is 10.8. The van der Waals surface area contributed by atoms with Gasteiger partial charge < -0.3 is 10.8 Å². The zero-order chi connectivity index (χ0) is 14.3. The largest absolute Gasteiger partial charge is 0.505 e. The molecule has 0 aliphatic heterocycles. The molecule has 1 aromatic carbocycles. The molecule has 20 heavy (non-hydrogen) atoms. The monoisotopic (exact) mass is 272 g/mol. The fraction of sp³-hybridized carbons (Fsp3) is 0.143. The third-order valence-electron chi connectivity index (χ3n) is 3.23. The van der Waals surface area contributed by atoms with Crippen molar-refractivity contribution in [3.05, 3.63) is 41.8 Å². The van der Waals surface area contributed by atoms with E-state index in [1.165, 1.54) is 6.07 Å². The number of hydrogen-bond acceptors (Lipinski definition) is 4. The molecule has 0 saturated carbocycles. The number of fused-ring (bicyclic) bond motifs is 1. The molecule has 0 unspecified atom stereocenters. The van der Waals surface area contributed by atoms with E-state index < -0.39 is 5.82 Å². The number of nitrogens with zero attached hydrogens (tertiary/aromatic N) is 3. The van der Waals surface area contributed by atoms with Crippen molar-refractivity contribution in [3.8, 4) is 17.0 Å². The summed E-state index contributed by atoms with van der Waals surface area (Å²) in [5.41, 5.74) is 8.09. The van der Waals surface area contributed by atoms with Crippen LogP contribution in [0.4, 0.5) is 10.2 Å². The van der Waals surface area contributed by atoms with E-state index in [0.29, 0.717) is 34.7 Å². The molecule has 0 radical (unpaired) electrons. The molecule has 0 spiro atoms. The van der Waals surface area contributed by atoms with Crippen LogP contribution in [0.15, 0.2) is 30.5 Å². The molecule has 3 rings (SSSR count). The summed E-state index contributed by atoms with van der Waals surface area (Å²) in [5, 5.41) is 13.7. The number of phenolic OH excluding ortho intramolecular Hbond substituents is 1. The summed E-state index contributed by atoms with van der Waals surface area (Å²) in [6, 6.07) is 6.36. The highest BCUT2D eigenvalue weighted by molar-refractivity contribution is 5.70. The average molecular weight is 272 g/mol. The molecule has 0 aliphatic rings.